The van der Waals surface area contributed by atoms with Crippen molar-refractivity contribution in [3.8, 4) is 11.5 Å². The maximum absolute atomic E-state index is 12.7. The maximum Gasteiger partial charge on any atom is 0.266 e. The van der Waals surface area contributed by atoms with Crippen molar-refractivity contribution in [3.63, 3.8) is 0 Å². The average molecular weight is 336 g/mol. The summed E-state index contributed by atoms with van der Waals surface area (Å²) in [5, 5.41) is 0. The Bertz CT molecular complexity index is 775. The van der Waals surface area contributed by atoms with Gasteiger partial charge in [-0.1, -0.05) is 6.07 Å². The fraction of sp³-hybridized carbons (Fsp3) is 0.312. The van der Waals surface area contributed by atoms with Gasteiger partial charge < -0.3 is 9.47 Å². The van der Waals surface area contributed by atoms with Crippen molar-refractivity contribution < 1.29 is 17.9 Å². The highest BCUT2D eigenvalue weighted by atomic mass is 32.2. The van der Waals surface area contributed by atoms with Gasteiger partial charge in [-0.3, -0.25) is 4.72 Å². The molecule has 6 nitrogen and oxygen atoms in total. The summed E-state index contributed by atoms with van der Waals surface area (Å²) in [4.78, 5) is 4.08. The molecule has 0 atom stereocenters. The summed E-state index contributed by atoms with van der Waals surface area (Å²) in [6, 6.07) is 8.25. The number of nitrogens with one attached hydrogen (secondary N) is 1. The standard InChI is InChI=1S/C16H20N2O4S/c1-4-21-13-8-9-14(22-5-2)15(11-13)23(19,20)18-16-12(3)7-6-10-17-16/h6-11H,4-5H2,1-3H3,(H,17,18). The van der Waals surface area contributed by atoms with Crippen LogP contribution in [0.3, 0.4) is 0 Å². The number of pyridine rings is 1. The quantitative estimate of drug-likeness (QED) is 0.841. The minimum Gasteiger partial charge on any atom is -0.494 e. The Hall–Kier alpha value is -2.28. The van der Waals surface area contributed by atoms with E-state index in [4.69, 9.17) is 9.47 Å². The van der Waals surface area contributed by atoms with Gasteiger partial charge in [-0.15, -0.1) is 0 Å². The van der Waals surface area contributed by atoms with E-state index in [1.165, 1.54) is 12.3 Å². The molecule has 0 aliphatic carbocycles. The third kappa shape index (κ3) is 4.13. The number of aryl methyl sites for hydroxylation is 1. The fourth-order valence-electron chi connectivity index (χ4n) is 2.00. The van der Waals surface area contributed by atoms with Crippen LogP contribution >= 0.6 is 0 Å². The second-order valence-electron chi connectivity index (χ2n) is 4.75. The van der Waals surface area contributed by atoms with E-state index in [-0.39, 0.29) is 16.5 Å². The number of ether oxygens (including phenoxy) is 2. The molecule has 0 aliphatic heterocycles. The predicted molar refractivity (Wildman–Crippen MR) is 88.6 cm³/mol. The van der Waals surface area contributed by atoms with Gasteiger partial charge in [0.2, 0.25) is 0 Å². The Labute approximate surface area is 136 Å². The average Bonchev–Trinajstić information content (AvgIpc) is 2.51. The molecule has 124 valence electrons. The molecule has 1 N–H and O–H groups in total. The highest BCUT2D eigenvalue weighted by molar-refractivity contribution is 7.92. The Kier molecular flexibility index (Phi) is 5.44. The Balaban J connectivity index is 2.44. The van der Waals surface area contributed by atoms with Crippen LogP contribution in [-0.4, -0.2) is 26.6 Å². The van der Waals surface area contributed by atoms with Crippen LogP contribution in [0.4, 0.5) is 5.82 Å². The molecule has 0 fully saturated rings. The number of hydrogen-bond acceptors (Lipinski definition) is 5. The lowest BCUT2D eigenvalue weighted by molar-refractivity contribution is 0.322. The van der Waals surface area contributed by atoms with Crippen LogP contribution in [-0.2, 0) is 10.0 Å². The number of rotatable bonds is 7. The molecule has 0 bridgehead atoms. The van der Waals surface area contributed by atoms with Gasteiger partial charge in [0.15, 0.2) is 0 Å². The lowest BCUT2D eigenvalue weighted by Gasteiger charge is -2.14. The van der Waals surface area contributed by atoms with Gasteiger partial charge in [0.05, 0.1) is 13.2 Å². The molecule has 0 unspecified atom stereocenters. The van der Waals surface area contributed by atoms with Gasteiger partial charge in [0.1, 0.15) is 22.2 Å². The SMILES string of the molecule is CCOc1ccc(OCC)c(S(=O)(=O)Nc2ncccc2C)c1. The van der Waals surface area contributed by atoms with Gasteiger partial charge in [0.25, 0.3) is 10.0 Å². The van der Waals surface area contributed by atoms with Gasteiger partial charge in [-0.2, -0.15) is 0 Å². The number of aromatic nitrogens is 1. The minimum atomic E-state index is -3.85. The smallest absolute Gasteiger partial charge is 0.266 e. The van der Waals surface area contributed by atoms with E-state index in [2.05, 4.69) is 9.71 Å². The lowest BCUT2D eigenvalue weighted by Crippen LogP contribution is -2.16. The Morgan fingerprint density at radius 2 is 1.87 bits per heavy atom. The van der Waals surface area contributed by atoms with E-state index >= 15 is 0 Å². The summed E-state index contributed by atoms with van der Waals surface area (Å²) >= 11 is 0. The molecule has 0 aliphatic rings. The van der Waals surface area contributed by atoms with Crippen molar-refractivity contribution in [2.75, 3.05) is 17.9 Å². The van der Waals surface area contributed by atoms with Crippen LogP contribution in [0.5, 0.6) is 11.5 Å². The van der Waals surface area contributed by atoms with E-state index < -0.39 is 10.0 Å². The predicted octanol–water partition coefficient (Wildman–Crippen LogP) is 2.99. The Morgan fingerprint density at radius 1 is 1.13 bits per heavy atom. The van der Waals surface area contributed by atoms with Gasteiger partial charge in [-0.25, -0.2) is 13.4 Å². The van der Waals surface area contributed by atoms with Crippen LogP contribution in [0.15, 0.2) is 41.4 Å². The van der Waals surface area contributed by atoms with Crippen LogP contribution in [0.25, 0.3) is 0 Å². The van der Waals surface area contributed by atoms with Crippen molar-refractivity contribution >= 4 is 15.8 Å². The van der Waals surface area contributed by atoms with Crippen LogP contribution in [0.2, 0.25) is 0 Å². The zero-order valence-electron chi connectivity index (χ0n) is 13.4. The first kappa shape index (κ1) is 17.1. The number of benzene rings is 1. The zero-order chi connectivity index (χ0) is 16.9. The van der Waals surface area contributed by atoms with Crippen LogP contribution in [0.1, 0.15) is 19.4 Å². The fourth-order valence-corrected chi connectivity index (χ4v) is 3.25. The molecule has 1 heterocycles. The zero-order valence-corrected chi connectivity index (χ0v) is 14.2. The first-order chi connectivity index (χ1) is 11.0. The molecule has 0 spiro atoms. The second kappa shape index (κ2) is 7.32. The Morgan fingerprint density at radius 3 is 2.52 bits per heavy atom. The molecule has 1 aromatic heterocycles. The second-order valence-corrected chi connectivity index (χ2v) is 6.40. The van der Waals surface area contributed by atoms with E-state index in [0.717, 1.165) is 5.56 Å². The summed E-state index contributed by atoms with van der Waals surface area (Å²) in [7, 11) is -3.85. The van der Waals surface area contributed by atoms with E-state index in [9.17, 15) is 8.42 Å². The van der Waals surface area contributed by atoms with Crippen molar-refractivity contribution in [2.24, 2.45) is 0 Å². The summed E-state index contributed by atoms with van der Waals surface area (Å²) in [6.45, 7) is 6.22. The molecule has 0 radical (unpaired) electrons. The van der Waals surface area contributed by atoms with Gasteiger partial charge >= 0.3 is 0 Å². The van der Waals surface area contributed by atoms with Crippen molar-refractivity contribution in [1.82, 2.24) is 4.98 Å². The first-order valence-corrected chi connectivity index (χ1v) is 8.80. The number of sulfonamides is 1. The molecule has 2 aromatic rings. The van der Waals surface area contributed by atoms with Crippen molar-refractivity contribution in [3.05, 3.63) is 42.1 Å². The summed E-state index contributed by atoms with van der Waals surface area (Å²) in [5.41, 5.74) is 0.731. The third-order valence-corrected chi connectivity index (χ3v) is 4.42. The molecular formula is C16H20N2O4S. The highest BCUT2D eigenvalue weighted by Gasteiger charge is 2.22. The molecule has 23 heavy (non-hydrogen) atoms. The molecule has 0 amide bonds. The molecule has 1 aromatic carbocycles. The topological polar surface area (TPSA) is 77.5 Å². The molecule has 0 saturated carbocycles. The normalized spacial score (nSPS) is 11.1. The number of nitrogens with zero attached hydrogens (tertiary/aromatic N) is 1. The van der Waals surface area contributed by atoms with Gasteiger partial charge in [0, 0.05) is 12.3 Å². The molecule has 7 heteroatoms. The maximum atomic E-state index is 12.7. The summed E-state index contributed by atoms with van der Waals surface area (Å²) in [6.07, 6.45) is 1.53. The summed E-state index contributed by atoms with van der Waals surface area (Å²) < 4.78 is 38.7. The third-order valence-electron chi connectivity index (χ3n) is 3.06. The lowest BCUT2D eigenvalue weighted by atomic mass is 10.3. The molecule has 2 rings (SSSR count). The van der Waals surface area contributed by atoms with Crippen molar-refractivity contribution in [1.29, 1.82) is 0 Å². The highest BCUT2D eigenvalue weighted by Crippen LogP contribution is 2.30. The molecule has 0 saturated heterocycles. The first-order valence-electron chi connectivity index (χ1n) is 7.32. The monoisotopic (exact) mass is 336 g/mol. The number of hydrogen-bond donors (Lipinski definition) is 1. The van der Waals surface area contributed by atoms with Crippen molar-refractivity contribution in [2.45, 2.75) is 25.7 Å². The van der Waals surface area contributed by atoms with Crippen LogP contribution in [0, 0.1) is 6.92 Å². The van der Waals surface area contributed by atoms with E-state index in [1.54, 1.807) is 38.1 Å². The number of anilines is 1. The van der Waals surface area contributed by atoms with Gasteiger partial charge in [-0.05, 0) is 44.5 Å². The summed E-state index contributed by atoms with van der Waals surface area (Å²) in [5.74, 6) is 1.03. The largest absolute Gasteiger partial charge is 0.494 e. The van der Waals surface area contributed by atoms with Crippen LogP contribution < -0.4 is 14.2 Å². The van der Waals surface area contributed by atoms with E-state index in [0.29, 0.717) is 19.0 Å². The minimum absolute atomic E-state index is 0.0235. The molecular weight excluding hydrogens is 316 g/mol. The van der Waals surface area contributed by atoms with E-state index in [1.807, 2.05) is 6.92 Å².